The second-order valence-electron chi connectivity index (χ2n) is 15.4. The van der Waals surface area contributed by atoms with E-state index in [0.29, 0.717) is 57.7 Å². The zero-order chi connectivity index (χ0) is 50.2. The van der Waals surface area contributed by atoms with Crippen molar-refractivity contribution in [3.05, 3.63) is 225 Å². The highest BCUT2D eigenvalue weighted by molar-refractivity contribution is 5.62. The highest BCUT2D eigenvalue weighted by Crippen LogP contribution is 2.27. The third-order valence-corrected chi connectivity index (χ3v) is 10.3. The van der Waals surface area contributed by atoms with Gasteiger partial charge in [0.25, 0.3) is 0 Å². The number of nitrogens with one attached hydrogen (secondary N) is 1. The first-order valence-electron chi connectivity index (χ1n) is 22.8. The Kier molecular flexibility index (Phi) is 14.6. The summed E-state index contributed by atoms with van der Waals surface area (Å²) in [5, 5.41) is 40.9. The monoisotopic (exact) mass is 975 g/mol. The minimum atomic E-state index is 0.463. The fourth-order valence-electron chi connectivity index (χ4n) is 6.81. The molecule has 12 aromatic rings. The summed E-state index contributed by atoms with van der Waals surface area (Å²) in [6.45, 7) is 0. The SMILES string of the molecule is COc1cccc(Oc2cccc(-n3nnc(-c4ccccn4)n3)c2)c1.c1ccc(Nc2cccc(-n3nnc(-c4ccccn4)n3)c2)cc1.c1ccc(Oc2ccc(-n3nnc(-c4ccccn4)n3)cc2)nc1. The van der Waals surface area contributed by atoms with Crippen LogP contribution in [0.15, 0.2) is 225 Å². The van der Waals surface area contributed by atoms with Crippen LogP contribution < -0.4 is 19.5 Å². The number of hydrogen-bond donors (Lipinski definition) is 1. The lowest BCUT2D eigenvalue weighted by Gasteiger charge is -2.08. The van der Waals surface area contributed by atoms with Crippen LogP contribution in [0.3, 0.4) is 0 Å². The summed E-state index contributed by atoms with van der Waals surface area (Å²) in [5.41, 5.74) is 6.36. The minimum absolute atomic E-state index is 0.463. The van der Waals surface area contributed by atoms with Crippen molar-refractivity contribution in [2.75, 3.05) is 12.4 Å². The number of anilines is 2. The Morgan fingerprint density at radius 3 is 1.36 bits per heavy atom. The summed E-state index contributed by atoms with van der Waals surface area (Å²) in [4.78, 5) is 21.2. The molecular weight excluding hydrogens is 935 g/mol. The molecule has 0 saturated heterocycles. The van der Waals surface area contributed by atoms with Gasteiger partial charge in [-0.25, -0.2) is 4.98 Å². The van der Waals surface area contributed by atoms with E-state index in [2.05, 4.69) is 71.5 Å². The third-order valence-electron chi connectivity index (χ3n) is 10.3. The Hall–Kier alpha value is -10.9. The molecule has 0 saturated carbocycles. The quantitative estimate of drug-likeness (QED) is 0.113. The molecule has 1 N–H and O–H groups in total. The van der Waals surface area contributed by atoms with Crippen molar-refractivity contribution >= 4 is 11.4 Å². The molecule has 7 aromatic heterocycles. The van der Waals surface area contributed by atoms with E-state index in [1.54, 1.807) is 38.0 Å². The van der Waals surface area contributed by atoms with Crippen LogP contribution >= 0.6 is 0 Å². The van der Waals surface area contributed by atoms with Gasteiger partial charge in [-0.3, -0.25) is 15.0 Å². The second kappa shape index (κ2) is 23.1. The Morgan fingerprint density at radius 1 is 0.351 bits per heavy atom. The van der Waals surface area contributed by atoms with E-state index in [-0.39, 0.29) is 0 Å². The lowest BCUT2D eigenvalue weighted by Crippen LogP contribution is -2.00. The molecule has 0 aliphatic carbocycles. The molecule has 0 unspecified atom stereocenters. The number of para-hydroxylation sites is 1. The number of hydrogen-bond acceptors (Lipinski definition) is 17. The number of rotatable bonds is 13. The van der Waals surface area contributed by atoms with E-state index in [0.717, 1.165) is 34.2 Å². The Bertz CT molecular complexity index is 3640. The molecular formula is C54H41N17O3. The van der Waals surface area contributed by atoms with Gasteiger partial charge in [-0.15, -0.1) is 45.0 Å². The van der Waals surface area contributed by atoms with Crippen molar-refractivity contribution in [3.8, 4) is 80.5 Å². The van der Waals surface area contributed by atoms with Crippen LogP contribution in [-0.2, 0) is 0 Å². The highest BCUT2D eigenvalue weighted by atomic mass is 16.5. The maximum Gasteiger partial charge on any atom is 0.223 e. The second-order valence-corrected chi connectivity index (χ2v) is 15.4. The molecule has 0 aliphatic heterocycles. The summed E-state index contributed by atoms with van der Waals surface area (Å²) >= 11 is 0. The van der Waals surface area contributed by atoms with Gasteiger partial charge in [0.1, 0.15) is 40.1 Å². The zero-order valence-electron chi connectivity index (χ0n) is 39.2. The van der Waals surface area contributed by atoms with Crippen LogP contribution in [0.4, 0.5) is 11.4 Å². The van der Waals surface area contributed by atoms with E-state index in [4.69, 9.17) is 14.2 Å². The van der Waals surface area contributed by atoms with Gasteiger partial charge in [-0.2, -0.15) is 0 Å². The van der Waals surface area contributed by atoms with Gasteiger partial charge in [-0.1, -0.05) is 60.7 Å². The van der Waals surface area contributed by atoms with Crippen molar-refractivity contribution in [3.63, 3.8) is 0 Å². The Morgan fingerprint density at radius 2 is 0.824 bits per heavy atom. The number of benzene rings is 5. The summed E-state index contributed by atoms with van der Waals surface area (Å²) < 4.78 is 16.8. The number of nitrogens with zero attached hydrogens (tertiary/aromatic N) is 16. The van der Waals surface area contributed by atoms with Crippen LogP contribution in [0.5, 0.6) is 28.9 Å². The van der Waals surface area contributed by atoms with Gasteiger partial charge < -0.3 is 19.5 Å². The molecule has 7 heterocycles. The zero-order valence-corrected chi connectivity index (χ0v) is 39.2. The molecule has 360 valence electrons. The van der Waals surface area contributed by atoms with Crippen LogP contribution in [0.1, 0.15) is 0 Å². The third kappa shape index (κ3) is 12.3. The first kappa shape index (κ1) is 46.8. The maximum atomic E-state index is 5.89. The van der Waals surface area contributed by atoms with Crippen molar-refractivity contribution < 1.29 is 14.2 Å². The average molecular weight is 976 g/mol. The average Bonchev–Trinajstić information content (AvgIpc) is 4.29. The summed E-state index contributed by atoms with van der Waals surface area (Å²) in [6.07, 6.45) is 6.78. The molecule has 0 radical (unpaired) electrons. The predicted molar refractivity (Wildman–Crippen MR) is 274 cm³/mol. The van der Waals surface area contributed by atoms with Gasteiger partial charge in [0.2, 0.25) is 23.4 Å². The molecule has 0 amide bonds. The summed E-state index contributed by atoms with van der Waals surface area (Å²) in [5.74, 6) is 4.74. The molecule has 5 aromatic carbocycles. The molecule has 0 atom stereocenters. The fraction of sp³-hybridized carbons (Fsp3) is 0.0185. The maximum absolute atomic E-state index is 5.89. The first-order valence-corrected chi connectivity index (χ1v) is 22.8. The molecule has 0 fully saturated rings. The van der Waals surface area contributed by atoms with Crippen molar-refractivity contribution in [1.82, 2.24) is 80.6 Å². The van der Waals surface area contributed by atoms with Gasteiger partial charge in [0.05, 0.1) is 24.2 Å². The van der Waals surface area contributed by atoms with Crippen molar-refractivity contribution in [2.45, 2.75) is 0 Å². The normalized spacial score (nSPS) is 10.5. The van der Waals surface area contributed by atoms with E-state index in [1.807, 2.05) is 194 Å². The molecule has 0 aliphatic rings. The molecule has 12 rings (SSSR count). The van der Waals surface area contributed by atoms with E-state index < -0.39 is 0 Å². The van der Waals surface area contributed by atoms with Gasteiger partial charge >= 0.3 is 0 Å². The highest BCUT2D eigenvalue weighted by Gasteiger charge is 2.12. The smallest absolute Gasteiger partial charge is 0.223 e. The fourth-order valence-corrected chi connectivity index (χ4v) is 6.81. The predicted octanol–water partition coefficient (Wildman–Crippen LogP) is 9.90. The van der Waals surface area contributed by atoms with Crippen molar-refractivity contribution in [2.24, 2.45) is 0 Å². The topological polar surface area (TPSA) is 222 Å². The number of methoxy groups -OCH3 is 1. The number of tetrazole rings is 3. The van der Waals surface area contributed by atoms with Crippen LogP contribution in [0.2, 0.25) is 0 Å². The largest absolute Gasteiger partial charge is 0.497 e. The number of pyridine rings is 4. The van der Waals surface area contributed by atoms with Gasteiger partial charge in [0.15, 0.2) is 0 Å². The lowest BCUT2D eigenvalue weighted by molar-refractivity contribution is 0.409. The van der Waals surface area contributed by atoms with Gasteiger partial charge in [-0.05, 0) is 137 Å². The molecule has 0 bridgehead atoms. The van der Waals surface area contributed by atoms with Crippen LogP contribution in [-0.4, -0.2) is 87.7 Å². The summed E-state index contributed by atoms with van der Waals surface area (Å²) in [6, 6.07) is 62.3. The van der Waals surface area contributed by atoms with E-state index in [1.165, 1.54) is 14.4 Å². The Balaban J connectivity index is 0.000000127. The Labute approximate surface area is 422 Å². The standard InChI is InChI=1S/C19H15N5O2.C18H14N6.C17H12N6O/c1-25-15-7-5-9-17(13-15)26-16-8-4-6-14(12-16)24-22-19(21-23-24)18-10-2-3-11-20-18;1-2-7-14(8-3-1)20-15-9-6-10-16(13-15)24-22-18(21-23-24)17-11-4-5-12-19-17;1-3-11-18-15(5-1)17-20-22-23(21-17)13-7-9-14(10-8-13)24-16-6-2-4-12-19-16/h2-13H,1H3;1-13,20H;1-12H. The first-order chi connectivity index (χ1) is 36.6. The van der Waals surface area contributed by atoms with Crippen molar-refractivity contribution in [1.29, 1.82) is 0 Å². The van der Waals surface area contributed by atoms with Crippen LogP contribution in [0.25, 0.3) is 51.6 Å². The molecule has 0 spiro atoms. The molecule has 74 heavy (non-hydrogen) atoms. The van der Waals surface area contributed by atoms with E-state index in [9.17, 15) is 0 Å². The lowest BCUT2D eigenvalue weighted by atomic mass is 10.2. The number of ether oxygens (including phenoxy) is 3. The van der Waals surface area contributed by atoms with E-state index >= 15 is 0 Å². The molecule has 20 nitrogen and oxygen atoms in total. The summed E-state index contributed by atoms with van der Waals surface area (Å²) in [7, 11) is 1.62. The molecule has 20 heteroatoms. The minimum Gasteiger partial charge on any atom is -0.497 e. The van der Waals surface area contributed by atoms with Gasteiger partial charge in [0, 0.05) is 54.4 Å². The van der Waals surface area contributed by atoms with Crippen LogP contribution in [0, 0.1) is 0 Å². The number of aromatic nitrogens is 16.